The van der Waals surface area contributed by atoms with Gasteiger partial charge >= 0.3 is 0 Å². The third kappa shape index (κ3) is 5.00. The van der Waals surface area contributed by atoms with E-state index in [1.807, 2.05) is 48.5 Å². The number of benzene rings is 2. The molecule has 3 rings (SSSR count). The van der Waals surface area contributed by atoms with Crippen LogP contribution in [0.4, 0.5) is 0 Å². The fourth-order valence-corrected chi connectivity index (χ4v) is 2.83. The molecule has 1 aromatic heterocycles. The summed E-state index contributed by atoms with van der Waals surface area (Å²) in [5, 5.41) is 4.02. The Morgan fingerprint density at radius 2 is 1.72 bits per heavy atom. The van der Waals surface area contributed by atoms with Gasteiger partial charge in [0.1, 0.15) is 11.5 Å². The largest absolute Gasteiger partial charge is 0.497 e. The van der Waals surface area contributed by atoms with Crippen LogP contribution >= 0.6 is 11.8 Å². The summed E-state index contributed by atoms with van der Waals surface area (Å²) in [4.78, 5) is 4.42. The number of nitrogens with zero attached hydrogens (tertiary/aromatic N) is 2. The van der Waals surface area contributed by atoms with Crippen molar-refractivity contribution in [2.24, 2.45) is 0 Å². The molecule has 1 heterocycles. The molecule has 0 aliphatic rings. The van der Waals surface area contributed by atoms with Crippen LogP contribution in [0.5, 0.6) is 11.5 Å². The van der Waals surface area contributed by atoms with Crippen LogP contribution in [-0.4, -0.2) is 29.6 Å². The summed E-state index contributed by atoms with van der Waals surface area (Å²) in [5.41, 5.74) is 2.11. The Labute approximate surface area is 151 Å². The van der Waals surface area contributed by atoms with Crippen molar-refractivity contribution in [3.05, 3.63) is 59.9 Å². The number of aromatic nitrogens is 2. The number of hydrogen-bond donors (Lipinski definition) is 0. The average molecular weight is 356 g/mol. The van der Waals surface area contributed by atoms with Crippen molar-refractivity contribution < 1.29 is 14.0 Å². The minimum Gasteiger partial charge on any atom is -0.497 e. The first-order valence-electron chi connectivity index (χ1n) is 7.99. The zero-order valence-electron chi connectivity index (χ0n) is 14.3. The first-order chi connectivity index (χ1) is 12.2. The quantitative estimate of drug-likeness (QED) is 0.559. The highest BCUT2D eigenvalue weighted by atomic mass is 32.2. The number of hydrogen-bond acceptors (Lipinski definition) is 6. The monoisotopic (exact) mass is 356 g/mol. The number of aryl methyl sites for hydroxylation is 1. The zero-order chi connectivity index (χ0) is 17.5. The minimum atomic E-state index is 0.522. The SMILES string of the molecule is COc1ccc(-c2nc(CSCCOc3ccc(C)cc3)no2)cc1. The molecule has 0 fully saturated rings. The van der Waals surface area contributed by atoms with E-state index in [4.69, 9.17) is 14.0 Å². The molecule has 0 N–H and O–H groups in total. The van der Waals surface area contributed by atoms with E-state index in [9.17, 15) is 0 Å². The first-order valence-corrected chi connectivity index (χ1v) is 9.14. The molecule has 6 heteroatoms. The van der Waals surface area contributed by atoms with E-state index in [1.54, 1.807) is 18.9 Å². The molecule has 0 saturated carbocycles. The molecule has 3 aromatic rings. The molecule has 130 valence electrons. The van der Waals surface area contributed by atoms with Crippen molar-refractivity contribution >= 4 is 11.8 Å². The first kappa shape index (κ1) is 17.4. The number of rotatable bonds is 8. The van der Waals surface area contributed by atoms with Crippen molar-refractivity contribution in [2.45, 2.75) is 12.7 Å². The van der Waals surface area contributed by atoms with Crippen molar-refractivity contribution in [3.8, 4) is 23.0 Å². The Kier molecular flexibility index (Phi) is 5.95. The highest BCUT2D eigenvalue weighted by Crippen LogP contribution is 2.21. The van der Waals surface area contributed by atoms with Crippen molar-refractivity contribution in [2.75, 3.05) is 19.5 Å². The molecular formula is C19H20N2O3S. The average Bonchev–Trinajstić information content (AvgIpc) is 3.12. The van der Waals surface area contributed by atoms with Crippen LogP contribution in [-0.2, 0) is 5.75 Å². The van der Waals surface area contributed by atoms with Gasteiger partial charge in [0.05, 0.1) is 19.5 Å². The Bertz CT molecular complexity index is 785. The van der Waals surface area contributed by atoms with Gasteiger partial charge in [-0.3, -0.25) is 0 Å². The fraction of sp³-hybridized carbons (Fsp3) is 0.263. The van der Waals surface area contributed by atoms with Gasteiger partial charge in [-0.15, -0.1) is 0 Å². The second-order valence-electron chi connectivity index (χ2n) is 5.46. The predicted molar refractivity (Wildman–Crippen MR) is 99.1 cm³/mol. The Balaban J connectivity index is 1.43. The van der Waals surface area contributed by atoms with Crippen molar-refractivity contribution in [1.82, 2.24) is 10.1 Å². The molecule has 0 aliphatic carbocycles. The van der Waals surface area contributed by atoms with Crippen LogP contribution in [0.3, 0.4) is 0 Å². The van der Waals surface area contributed by atoms with E-state index in [2.05, 4.69) is 17.1 Å². The van der Waals surface area contributed by atoms with E-state index in [0.717, 1.165) is 22.8 Å². The molecule has 0 spiro atoms. The number of ether oxygens (including phenoxy) is 2. The number of methoxy groups -OCH3 is 1. The van der Waals surface area contributed by atoms with Gasteiger partial charge in [0, 0.05) is 11.3 Å². The predicted octanol–water partition coefficient (Wildman–Crippen LogP) is 4.37. The number of thioether (sulfide) groups is 1. The maximum absolute atomic E-state index is 5.70. The molecule has 0 bridgehead atoms. The fourth-order valence-electron chi connectivity index (χ4n) is 2.18. The molecule has 0 saturated heterocycles. The molecule has 2 aromatic carbocycles. The van der Waals surface area contributed by atoms with Crippen molar-refractivity contribution in [1.29, 1.82) is 0 Å². The van der Waals surface area contributed by atoms with Gasteiger partial charge in [0.25, 0.3) is 5.89 Å². The lowest BCUT2D eigenvalue weighted by molar-refractivity contribution is 0.344. The van der Waals surface area contributed by atoms with E-state index >= 15 is 0 Å². The molecule has 0 amide bonds. The van der Waals surface area contributed by atoms with E-state index in [1.165, 1.54) is 5.56 Å². The smallest absolute Gasteiger partial charge is 0.257 e. The Morgan fingerprint density at radius 3 is 2.44 bits per heavy atom. The molecule has 0 aliphatic heterocycles. The molecule has 0 atom stereocenters. The van der Waals surface area contributed by atoms with Crippen LogP contribution in [0.15, 0.2) is 53.1 Å². The van der Waals surface area contributed by atoms with Gasteiger partial charge in [0.15, 0.2) is 5.82 Å². The van der Waals surface area contributed by atoms with Gasteiger partial charge in [0.2, 0.25) is 0 Å². The summed E-state index contributed by atoms with van der Waals surface area (Å²) in [6.07, 6.45) is 0. The molecule has 0 radical (unpaired) electrons. The summed E-state index contributed by atoms with van der Waals surface area (Å²) in [6, 6.07) is 15.6. The highest BCUT2D eigenvalue weighted by molar-refractivity contribution is 7.98. The topological polar surface area (TPSA) is 57.4 Å². The molecule has 25 heavy (non-hydrogen) atoms. The van der Waals surface area contributed by atoms with Gasteiger partial charge in [-0.25, -0.2) is 0 Å². The third-order valence-electron chi connectivity index (χ3n) is 3.55. The molecular weight excluding hydrogens is 336 g/mol. The maximum Gasteiger partial charge on any atom is 0.257 e. The Hall–Kier alpha value is -2.47. The highest BCUT2D eigenvalue weighted by Gasteiger charge is 2.09. The van der Waals surface area contributed by atoms with Gasteiger partial charge < -0.3 is 14.0 Å². The van der Waals surface area contributed by atoms with Crippen LogP contribution in [0.1, 0.15) is 11.4 Å². The van der Waals surface area contributed by atoms with Crippen molar-refractivity contribution in [3.63, 3.8) is 0 Å². The van der Waals surface area contributed by atoms with E-state index in [0.29, 0.717) is 24.1 Å². The minimum absolute atomic E-state index is 0.522. The van der Waals surface area contributed by atoms with Gasteiger partial charge in [-0.1, -0.05) is 22.9 Å². The summed E-state index contributed by atoms with van der Waals surface area (Å²) >= 11 is 1.71. The lowest BCUT2D eigenvalue weighted by Gasteiger charge is -2.05. The van der Waals surface area contributed by atoms with E-state index < -0.39 is 0 Å². The van der Waals surface area contributed by atoms with Gasteiger partial charge in [-0.05, 0) is 43.3 Å². The standard InChI is InChI=1S/C19H20N2O3S/c1-14-3-7-17(8-4-14)23-11-12-25-13-18-20-19(24-21-18)15-5-9-16(22-2)10-6-15/h3-10H,11-13H2,1-2H3. The van der Waals surface area contributed by atoms with Gasteiger partial charge in [-0.2, -0.15) is 16.7 Å². The summed E-state index contributed by atoms with van der Waals surface area (Å²) in [7, 11) is 1.64. The van der Waals surface area contributed by atoms with Crippen LogP contribution in [0, 0.1) is 6.92 Å². The molecule has 5 nitrogen and oxygen atoms in total. The van der Waals surface area contributed by atoms with E-state index in [-0.39, 0.29) is 0 Å². The lowest BCUT2D eigenvalue weighted by atomic mass is 10.2. The molecule has 0 unspecified atom stereocenters. The second kappa shape index (κ2) is 8.58. The summed E-state index contributed by atoms with van der Waals surface area (Å²) < 4.78 is 16.2. The third-order valence-corrected chi connectivity index (χ3v) is 4.47. The maximum atomic E-state index is 5.70. The second-order valence-corrected chi connectivity index (χ2v) is 6.56. The summed E-state index contributed by atoms with van der Waals surface area (Å²) in [5.74, 6) is 4.46. The Morgan fingerprint density at radius 1 is 1.00 bits per heavy atom. The summed E-state index contributed by atoms with van der Waals surface area (Å²) in [6.45, 7) is 2.71. The normalized spacial score (nSPS) is 10.6. The van der Waals surface area contributed by atoms with Crippen LogP contribution < -0.4 is 9.47 Å². The van der Waals surface area contributed by atoms with Crippen LogP contribution in [0.25, 0.3) is 11.5 Å². The zero-order valence-corrected chi connectivity index (χ0v) is 15.1. The van der Waals surface area contributed by atoms with Crippen LogP contribution in [0.2, 0.25) is 0 Å². The lowest BCUT2D eigenvalue weighted by Crippen LogP contribution is -2.00.